The maximum Gasteiger partial charge on any atom is 0.191 e. The third-order valence-electron chi connectivity index (χ3n) is 5.64. The maximum atomic E-state index is 4.69. The van der Waals surface area contributed by atoms with Crippen LogP contribution in [0.2, 0.25) is 0 Å². The highest BCUT2D eigenvalue weighted by atomic mass is 15.2. The zero-order valence-electron chi connectivity index (χ0n) is 17.3. The summed E-state index contributed by atoms with van der Waals surface area (Å²) in [5.74, 6) is 0.824. The van der Waals surface area contributed by atoms with Crippen molar-refractivity contribution >= 4 is 11.6 Å². The minimum absolute atomic E-state index is 0.534. The van der Waals surface area contributed by atoms with Crippen LogP contribution in [0, 0.1) is 6.92 Å². The van der Waals surface area contributed by atoms with Gasteiger partial charge in [-0.2, -0.15) is 0 Å². The number of benzene rings is 1. The van der Waals surface area contributed by atoms with Crippen LogP contribution in [0.4, 0.5) is 0 Å². The highest BCUT2D eigenvalue weighted by Gasteiger charge is 2.24. The van der Waals surface area contributed by atoms with Gasteiger partial charge in [0, 0.05) is 38.1 Å². The molecular weight excluding hydrogens is 360 g/mol. The van der Waals surface area contributed by atoms with Crippen molar-refractivity contribution in [2.75, 3.05) is 20.1 Å². The Morgan fingerprint density at radius 1 is 1.14 bits per heavy atom. The number of hydrogen-bond acceptors (Lipinski definition) is 3. The summed E-state index contributed by atoms with van der Waals surface area (Å²) in [6.45, 7) is 5.82. The number of pyridine rings is 1. The first-order chi connectivity index (χ1) is 14.2. The van der Waals surface area contributed by atoms with Crippen LogP contribution in [0.5, 0.6) is 0 Å². The van der Waals surface area contributed by atoms with E-state index in [0.29, 0.717) is 12.6 Å². The highest BCUT2D eigenvalue weighted by Crippen LogP contribution is 2.19. The second-order valence-corrected chi connectivity index (χ2v) is 7.69. The number of fused-ring (bicyclic) bond motifs is 1. The molecule has 6 nitrogen and oxygen atoms in total. The number of guanidine groups is 1. The first-order valence-corrected chi connectivity index (χ1v) is 10.4. The van der Waals surface area contributed by atoms with E-state index in [0.717, 1.165) is 36.9 Å². The molecular formula is C23H30N6. The molecule has 3 heterocycles. The molecule has 1 aromatic carbocycles. The van der Waals surface area contributed by atoms with E-state index < -0.39 is 0 Å². The molecule has 1 atom stereocenters. The Bertz CT molecular complexity index is 962. The fourth-order valence-electron chi connectivity index (χ4n) is 4.05. The fraction of sp³-hybridized carbons (Fsp3) is 0.391. The van der Waals surface area contributed by atoms with Gasteiger partial charge in [0.05, 0.1) is 12.2 Å². The molecule has 0 radical (unpaired) electrons. The molecule has 2 aromatic heterocycles. The standard InChI is InChI=1S/C23H30N6/c1-18-8-6-12-22-27-20(17-29(18)22)14-25-23(24-2)26-15-21-11-7-13-28(21)16-19-9-4-3-5-10-19/h3-6,8-10,12,17,21H,7,11,13-16H2,1-2H3,(H2,24,25,26). The van der Waals surface area contributed by atoms with Gasteiger partial charge in [0.1, 0.15) is 5.65 Å². The largest absolute Gasteiger partial charge is 0.355 e. The van der Waals surface area contributed by atoms with Crippen molar-refractivity contribution in [3.8, 4) is 0 Å². The minimum atomic E-state index is 0.534. The van der Waals surface area contributed by atoms with Crippen LogP contribution >= 0.6 is 0 Å². The molecule has 1 fully saturated rings. The summed E-state index contributed by atoms with van der Waals surface area (Å²) in [5, 5.41) is 6.90. The van der Waals surface area contributed by atoms with Gasteiger partial charge in [-0.3, -0.25) is 9.89 Å². The maximum absolute atomic E-state index is 4.69. The van der Waals surface area contributed by atoms with E-state index in [1.54, 1.807) is 0 Å². The molecule has 29 heavy (non-hydrogen) atoms. The molecule has 1 saturated heterocycles. The fourth-order valence-corrected chi connectivity index (χ4v) is 4.05. The number of aryl methyl sites for hydroxylation is 1. The van der Waals surface area contributed by atoms with Gasteiger partial charge < -0.3 is 15.0 Å². The van der Waals surface area contributed by atoms with Crippen LogP contribution < -0.4 is 10.6 Å². The van der Waals surface area contributed by atoms with Crippen molar-refractivity contribution in [2.24, 2.45) is 4.99 Å². The first kappa shape index (κ1) is 19.5. The molecule has 1 aliphatic rings. The average Bonchev–Trinajstić information content (AvgIpc) is 3.36. The summed E-state index contributed by atoms with van der Waals surface area (Å²) in [6, 6.07) is 17.4. The predicted octanol–water partition coefficient (Wildman–Crippen LogP) is 2.97. The van der Waals surface area contributed by atoms with E-state index >= 15 is 0 Å². The lowest BCUT2D eigenvalue weighted by Gasteiger charge is -2.25. The molecule has 4 rings (SSSR count). The molecule has 2 N–H and O–H groups in total. The summed E-state index contributed by atoms with van der Waals surface area (Å²) in [7, 11) is 1.82. The molecule has 3 aromatic rings. The quantitative estimate of drug-likeness (QED) is 0.502. The van der Waals surface area contributed by atoms with Gasteiger partial charge >= 0.3 is 0 Å². The van der Waals surface area contributed by atoms with E-state index in [9.17, 15) is 0 Å². The zero-order chi connectivity index (χ0) is 20.1. The Kier molecular flexibility index (Phi) is 6.10. The topological polar surface area (TPSA) is 57.0 Å². The number of likely N-dealkylation sites (tertiary alicyclic amines) is 1. The van der Waals surface area contributed by atoms with Gasteiger partial charge in [0.25, 0.3) is 0 Å². The Morgan fingerprint density at radius 3 is 2.79 bits per heavy atom. The molecule has 1 unspecified atom stereocenters. The summed E-state index contributed by atoms with van der Waals surface area (Å²) >= 11 is 0. The van der Waals surface area contributed by atoms with Crippen molar-refractivity contribution in [1.82, 2.24) is 24.9 Å². The summed E-state index contributed by atoms with van der Waals surface area (Å²) in [6.07, 6.45) is 4.57. The third-order valence-corrected chi connectivity index (χ3v) is 5.64. The van der Waals surface area contributed by atoms with E-state index in [4.69, 9.17) is 0 Å². The normalized spacial score (nSPS) is 17.7. The van der Waals surface area contributed by atoms with E-state index in [1.165, 1.54) is 24.1 Å². The zero-order valence-corrected chi connectivity index (χ0v) is 17.3. The molecule has 1 aliphatic heterocycles. The lowest BCUT2D eigenvalue weighted by Crippen LogP contribution is -2.44. The van der Waals surface area contributed by atoms with E-state index in [1.807, 2.05) is 19.2 Å². The van der Waals surface area contributed by atoms with Gasteiger partial charge in [-0.15, -0.1) is 0 Å². The van der Waals surface area contributed by atoms with Crippen LogP contribution in [-0.2, 0) is 13.1 Å². The van der Waals surface area contributed by atoms with Crippen molar-refractivity contribution in [3.05, 3.63) is 71.7 Å². The number of nitrogens with zero attached hydrogens (tertiary/aromatic N) is 4. The smallest absolute Gasteiger partial charge is 0.191 e. The Balaban J connectivity index is 1.30. The average molecular weight is 391 g/mol. The summed E-state index contributed by atoms with van der Waals surface area (Å²) < 4.78 is 2.12. The van der Waals surface area contributed by atoms with Gasteiger partial charge in [-0.05, 0) is 44.0 Å². The van der Waals surface area contributed by atoms with E-state index in [2.05, 4.69) is 79.4 Å². The number of aliphatic imine (C=N–C) groups is 1. The molecule has 0 bridgehead atoms. The molecule has 6 heteroatoms. The monoisotopic (exact) mass is 390 g/mol. The Labute approximate surface area is 172 Å². The van der Waals surface area contributed by atoms with Crippen LogP contribution in [0.3, 0.4) is 0 Å². The first-order valence-electron chi connectivity index (χ1n) is 10.4. The van der Waals surface area contributed by atoms with Gasteiger partial charge in [-0.25, -0.2) is 4.98 Å². The minimum Gasteiger partial charge on any atom is -0.355 e. The number of nitrogens with one attached hydrogen (secondary N) is 2. The highest BCUT2D eigenvalue weighted by molar-refractivity contribution is 5.79. The second kappa shape index (κ2) is 9.09. The van der Waals surface area contributed by atoms with Crippen LogP contribution in [0.15, 0.2) is 59.7 Å². The molecule has 0 aliphatic carbocycles. The van der Waals surface area contributed by atoms with Crippen LogP contribution in [0.1, 0.15) is 29.8 Å². The predicted molar refractivity (Wildman–Crippen MR) is 118 cm³/mol. The number of aromatic nitrogens is 2. The van der Waals surface area contributed by atoms with Crippen molar-refractivity contribution < 1.29 is 0 Å². The lowest BCUT2D eigenvalue weighted by atomic mass is 10.2. The van der Waals surface area contributed by atoms with Gasteiger partial charge in [0.15, 0.2) is 5.96 Å². The number of hydrogen-bond donors (Lipinski definition) is 2. The number of imidazole rings is 1. The van der Waals surface area contributed by atoms with Crippen molar-refractivity contribution in [3.63, 3.8) is 0 Å². The second-order valence-electron chi connectivity index (χ2n) is 7.69. The molecule has 0 amide bonds. The van der Waals surface area contributed by atoms with Gasteiger partial charge in [0.2, 0.25) is 0 Å². The Hall–Kier alpha value is -2.86. The molecule has 0 saturated carbocycles. The molecule has 152 valence electrons. The lowest BCUT2D eigenvalue weighted by molar-refractivity contribution is 0.245. The van der Waals surface area contributed by atoms with Gasteiger partial charge in [-0.1, -0.05) is 36.4 Å². The van der Waals surface area contributed by atoms with Crippen molar-refractivity contribution in [2.45, 2.75) is 38.9 Å². The summed E-state index contributed by atoms with van der Waals surface area (Å²) in [5.41, 5.74) is 4.55. The third kappa shape index (κ3) is 4.77. The van der Waals surface area contributed by atoms with Crippen molar-refractivity contribution in [1.29, 1.82) is 0 Å². The molecule has 0 spiro atoms. The van der Waals surface area contributed by atoms with E-state index in [-0.39, 0.29) is 0 Å². The SMILES string of the molecule is CN=C(NCc1cn2c(C)cccc2n1)NCC1CCCN1Cc1ccccc1. The summed E-state index contributed by atoms with van der Waals surface area (Å²) in [4.78, 5) is 11.6. The van der Waals surface area contributed by atoms with Crippen LogP contribution in [-0.4, -0.2) is 46.4 Å². The number of rotatable bonds is 6. The van der Waals surface area contributed by atoms with Crippen LogP contribution in [0.25, 0.3) is 5.65 Å². The Morgan fingerprint density at radius 2 is 2.00 bits per heavy atom.